The molecule has 4 heterocycles. The third-order valence-corrected chi connectivity index (χ3v) is 5.08. The average molecular weight is 493 g/mol. The number of aromatic carboxylic acids is 1. The summed E-state index contributed by atoms with van der Waals surface area (Å²) in [6, 6.07) is 3.47. The van der Waals surface area contributed by atoms with Crippen molar-refractivity contribution in [2.75, 3.05) is 7.11 Å². The van der Waals surface area contributed by atoms with Gasteiger partial charge in [0.2, 0.25) is 0 Å². The van der Waals surface area contributed by atoms with E-state index in [4.69, 9.17) is 28.3 Å². The highest BCUT2D eigenvalue weighted by Gasteiger charge is 2.17. The van der Waals surface area contributed by atoms with Crippen LogP contribution in [0.25, 0.3) is 11.3 Å². The molecule has 0 saturated heterocycles. The van der Waals surface area contributed by atoms with Gasteiger partial charge in [0.15, 0.2) is 22.7 Å². The molecule has 33 heavy (non-hydrogen) atoms. The number of hydrogen-bond acceptors (Lipinski definition) is 7. The Morgan fingerprint density at radius 3 is 1.70 bits per heavy atom. The Kier molecular flexibility index (Phi) is 7.19. The van der Waals surface area contributed by atoms with E-state index >= 15 is 0 Å². The van der Waals surface area contributed by atoms with Gasteiger partial charge in [-0.3, -0.25) is 0 Å². The SMILES string of the molecule is CC(C)c1cc(Cl)nn2cc(C(=O)O)nc12.COC(=O)c1cn2nc(Cl)cc(C(C)C)c2n1. The maximum Gasteiger partial charge on any atom is 0.358 e. The van der Waals surface area contributed by atoms with E-state index in [1.165, 1.54) is 28.5 Å². The quantitative estimate of drug-likeness (QED) is 0.412. The van der Waals surface area contributed by atoms with Crippen molar-refractivity contribution in [2.24, 2.45) is 0 Å². The maximum atomic E-state index is 11.4. The molecule has 0 aliphatic carbocycles. The van der Waals surface area contributed by atoms with Gasteiger partial charge in [-0.05, 0) is 24.0 Å². The molecule has 0 radical (unpaired) electrons. The van der Waals surface area contributed by atoms with Crippen LogP contribution in [-0.2, 0) is 4.74 Å². The predicted molar refractivity (Wildman–Crippen MR) is 122 cm³/mol. The molecule has 0 saturated carbocycles. The van der Waals surface area contributed by atoms with E-state index in [0.29, 0.717) is 21.6 Å². The van der Waals surface area contributed by atoms with Gasteiger partial charge in [-0.1, -0.05) is 50.9 Å². The molecule has 0 atom stereocenters. The molecule has 0 unspecified atom stereocenters. The van der Waals surface area contributed by atoms with Gasteiger partial charge in [-0.15, -0.1) is 0 Å². The highest BCUT2D eigenvalue weighted by atomic mass is 35.5. The van der Waals surface area contributed by atoms with E-state index in [0.717, 1.165) is 11.1 Å². The van der Waals surface area contributed by atoms with E-state index < -0.39 is 11.9 Å². The molecule has 12 heteroatoms. The summed E-state index contributed by atoms with van der Waals surface area (Å²) < 4.78 is 7.53. The van der Waals surface area contributed by atoms with Crippen molar-refractivity contribution in [1.82, 2.24) is 29.2 Å². The molecule has 0 fully saturated rings. The number of imidazole rings is 2. The lowest BCUT2D eigenvalue weighted by molar-refractivity contribution is 0.0594. The molecule has 4 aromatic rings. The van der Waals surface area contributed by atoms with Crippen molar-refractivity contribution >= 4 is 46.4 Å². The zero-order valence-electron chi connectivity index (χ0n) is 18.6. The number of halogens is 2. The van der Waals surface area contributed by atoms with Crippen LogP contribution in [0.2, 0.25) is 10.3 Å². The number of esters is 1. The van der Waals surface area contributed by atoms with E-state index in [-0.39, 0.29) is 23.2 Å². The van der Waals surface area contributed by atoms with Crippen molar-refractivity contribution in [3.8, 4) is 0 Å². The number of fused-ring (bicyclic) bond motifs is 2. The van der Waals surface area contributed by atoms with Crippen LogP contribution in [0, 0.1) is 0 Å². The molecule has 0 aliphatic rings. The van der Waals surface area contributed by atoms with Gasteiger partial charge in [-0.25, -0.2) is 28.6 Å². The minimum absolute atomic E-state index is 0.0309. The van der Waals surface area contributed by atoms with Gasteiger partial charge in [0.1, 0.15) is 10.3 Å². The van der Waals surface area contributed by atoms with Gasteiger partial charge >= 0.3 is 11.9 Å². The summed E-state index contributed by atoms with van der Waals surface area (Å²) in [5, 5.41) is 17.6. The zero-order valence-corrected chi connectivity index (χ0v) is 20.1. The Labute approximate surface area is 199 Å². The van der Waals surface area contributed by atoms with E-state index in [1.54, 1.807) is 12.1 Å². The fraction of sp³-hybridized carbons (Fsp3) is 0.333. The molecule has 4 aromatic heterocycles. The first-order valence-corrected chi connectivity index (χ1v) is 10.7. The molecule has 1 N–H and O–H groups in total. The number of rotatable bonds is 4. The van der Waals surface area contributed by atoms with Crippen LogP contribution >= 0.6 is 23.2 Å². The number of nitrogens with zero attached hydrogens (tertiary/aromatic N) is 6. The Morgan fingerprint density at radius 1 is 0.879 bits per heavy atom. The molecule has 0 amide bonds. The van der Waals surface area contributed by atoms with Crippen LogP contribution in [0.5, 0.6) is 0 Å². The minimum Gasteiger partial charge on any atom is -0.476 e. The van der Waals surface area contributed by atoms with Crippen molar-refractivity contribution < 1.29 is 19.4 Å². The molecule has 0 aliphatic heterocycles. The zero-order chi connectivity index (χ0) is 24.4. The Hall–Kier alpha value is -3.24. The average Bonchev–Trinajstić information content (AvgIpc) is 3.36. The molecule has 4 rings (SSSR count). The number of carbonyl (C=O) groups excluding carboxylic acids is 1. The van der Waals surface area contributed by atoms with Gasteiger partial charge in [0.05, 0.1) is 19.5 Å². The minimum atomic E-state index is -1.07. The van der Waals surface area contributed by atoms with Crippen LogP contribution < -0.4 is 0 Å². The smallest absolute Gasteiger partial charge is 0.358 e. The number of methoxy groups -OCH3 is 1. The molecule has 10 nitrogen and oxygen atoms in total. The van der Waals surface area contributed by atoms with Crippen LogP contribution in [0.4, 0.5) is 0 Å². The number of aromatic nitrogens is 6. The fourth-order valence-corrected chi connectivity index (χ4v) is 3.49. The van der Waals surface area contributed by atoms with Gasteiger partial charge in [-0.2, -0.15) is 10.2 Å². The first kappa shape index (κ1) is 24.4. The highest BCUT2D eigenvalue weighted by Crippen LogP contribution is 2.23. The lowest BCUT2D eigenvalue weighted by Gasteiger charge is -2.06. The van der Waals surface area contributed by atoms with Crippen molar-refractivity contribution in [3.05, 3.63) is 57.3 Å². The lowest BCUT2D eigenvalue weighted by atomic mass is 10.1. The molecular weight excluding hydrogens is 471 g/mol. The third-order valence-electron chi connectivity index (χ3n) is 4.71. The van der Waals surface area contributed by atoms with Crippen LogP contribution in [0.15, 0.2) is 24.5 Å². The molecule has 0 aromatic carbocycles. The monoisotopic (exact) mass is 492 g/mol. The van der Waals surface area contributed by atoms with Gasteiger partial charge < -0.3 is 9.84 Å². The summed E-state index contributed by atoms with van der Waals surface area (Å²) in [6.45, 7) is 8.03. The van der Waals surface area contributed by atoms with Crippen LogP contribution in [0.1, 0.15) is 71.6 Å². The largest absolute Gasteiger partial charge is 0.476 e. The molecular formula is C21H22Cl2N6O4. The van der Waals surface area contributed by atoms with Crippen molar-refractivity contribution in [1.29, 1.82) is 0 Å². The van der Waals surface area contributed by atoms with Gasteiger partial charge in [0, 0.05) is 11.1 Å². The van der Waals surface area contributed by atoms with Crippen LogP contribution in [-0.4, -0.2) is 53.4 Å². The Morgan fingerprint density at radius 2 is 1.30 bits per heavy atom. The summed E-state index contributed by atoms with van der Waals surface area (Å²) in [6.07, 6.45) is 2.87. The second kappa shape index (κ2) is 9.72. The normalized spacial score (nSPS) is 11.2. The molecule has 0 spiro atoms. The van der Waals surface area contributed by atoms with E-state index in [9.17, 15) is 9.59 Å². The van der Waals surface area contributed by atoms with E-state index in [1.807, 2.05) is 27.7 Å². The number of carboxylic acids is 1. The van der Waals surface area contributed by atoms with Crippen molar-refractivity contribution in [3.63, 3.8) is 0 Å². The highest BCUT2D eigenvalue weighted by molar-refractivity contribution is 6.29. The van der Waals surface area contributed by atoms with Crippen LogP contribution in [0.3, 0.4) is 0 Å². The van der Waals surface area contributed by atoms with Crippen molar-refractivity contribution in [2.45, 2.75) is 39.5 Å². The third kappa shape index (κ3) is 5.23. The molecule has 174 valence electrons. The summed E-state index contributed by atoms with van der Waals surface area (Å²) in [7, 11) is 1.32. The standard InChI is InChI=1S/C11H12ClN3O2.C10H10ClN3O2/c1-6(2)7-4-9(12)14-15-5-8(11(16)17-3)13-10(7)15;1-5(2)6-3-8(11)13-14-4-7(10(15)16)12-9(6)14/h4-6H,1-3H3;3-5H,1-2H3,(H,15,16). The summed E-state index contributed by atoms with van der Waals surface area (Å²) in [4.78, 5) is 30.4. The first-order chi connectivity index (χ1) is 15.5. The summed E-state index contributed by atoms with van der Waals surface area (Å²) in [5.74, 6) is -1.12. The Bertz CT molecular complexity index is 1350. The lowest BCUT2D eigenvalue weighted by Crippen LogP contribution is -2.00. The summed E-state index contributed by atoms with van der Waals surface area (Å²) >= 11 is 11.8. The predicted octanol–water partition coefficient (Wildman–Crippen LogP) is 4.50. The number of carboxylic acid groups (broad SMARTS) is 1. The maximum absolute atomic E-state index is 11.4. The van der Waals surface area contributed by atoms with Gasteiger partial charge in [0.25, 0.3) is 0 Å². The topological polar surface area (TPSA) is 124 Å². The second-order valence-corrected chi connectivity index (χ2v) is 8.51. The Balaban J connectivity index is 0.000000186. The summed E-state index contributed by atoms with van der Waals surface area (Å²) in [5.41, 5.74) is 3.19. The molecule has 0 bridgehead atoms. The number of carbonyl (C=O) groups is 2. The first-order valence-electron chi connectivity index (χ1n) is 9.95. The van der Waals surface area contributed by atoms with E-state index in [2.05, 4.69) is 24.9 Å². The number of ether oxygens (including phenoxy) is 1. The number of hydrogen-bond donors (Lipinski definition) is 1. The fourth-order valence-electron chi connectivity index (χ4n) is 3.09. The second-order valence-electron chi connectivity index (χ2n) is 7.74.